The van der Waals surface area contributed by atoms with Gasteiger partial charge in [-0.05, 0) is 37.6 Å². The van der Waals surface area contributed by atoms with Gasteiger partial charge in [-0.3, -0.25) is 9.48 Å². The molecule has 0 saturated carbocycles. The number of benzene rings is 2. The summed E-state index contributed by atoms with van der Waals surface area (Å²) < 4.78 is 66.4. The third-order valence-corrected chi connectivity index (χ3v) is 4.84. The summed E-state index contributed by atoms with van der Waals surface area (Å²) in [6, 6.07) is 4.91. The Bertz CT molecular complexity index is 1160. The zero-order valence-corrected chi connectivity index (χ0v) is 17.6. The molecule has 5 nitrogen and oxygen atoms in total. The van der Waals surface area contributed by atoms with Gasteiger partial charge in [0.05, 0.1) is 18.9 Å². The molecule has 1 heterocycles. The van der Waals surface area contributed by atoms with E-state index in [0.717, 1.165) is 5.69 Å². The molecule has 0 spiro atoms. The molecule has 0 fully saturated rings. The molecule has 168 valence electrons. The van der Waals surface area contributed by atoms with Gasteiger partial charge in [0.25, 0.3) is 0 Å². The van der Waals surface area contributed by atoms with Gasteiger partial charge in [-0.25, -0.2) is 8.78 Å². The van der Waals surface area contributed by atoms with Crippen LogP contribution in [0.25, 0.3) is 6.08 Å². The molecule has 0 N–H and O–H groups in total. The summed E-state index contributed by atoms with van der Waals surface area (Å²) in [4.78, 5) is 12.5. The fourth-order valence-corrected chi connectivity index (χ4v) is 3.11. The summed E-state index contributed by atoms with van der Waals surface area (Å²) in [5.74, 6) is -7.48. The number of aryl methyl sites for hydroxylation is 1. The van der Waals surface area contributed by atoms with E-state index in [0.29, 0.717) is 29.0 Å². The predicted octanol–water partition coefficient (Wildman–Crippen LogP) is 5.25. The van der Waals surface area contributed by atoms with E-state index in [9.17, 15) is 22.4 Å². The number of halogens is 4. The van der Waals surface area contributed by atoms with Crippen molar-refractivity contribution in [3.05, 3.63) is 82.2 Å². The fourth-order valence-electron chi connectivity index (χ4n) is 3.11. The Labute approximate surface area is 181 Å². The Morgan fingerprint density at radius 1 is 1.12 bits per heavy atom. The van der Waals surface area contributed by atoms with E-state index in [4.69, 9.17) is 9.47 Å². The summed E-state index contributed by atoms with van der Waals surface area (Å²) in [5, 5.41) is 4.14. The highest BCUT2D eigenvalue weighted by Crippen LogP contribution is 2.29. The van der Waals surface area contributed by atoms with Crippen LogP contribution in [-0.4, -0.2) is 22.7 Å². The number of hydrogen-bond donors (Lipinski definition) is 0. The summed E-state index contributed by atoms with van der Waals surface area (Å²) in [6.45, 7) is 3.92. The highest BCUT2D eigenvalue weighted by molar-refractivity contribution is 6.07. The molecule has 0 aliphatic rings. The van der Waals surface area contributed by atoms with Gasteiger partial charge in [0, 0.05) is 23.9 Å². The van der Waals surface area contributed by atoms with Crippen molar-refractivity contribution < 1.29 is 31.8 Å². The highest BCUT2D eigenvalue weighted by Gasteiger charge is 2.21. The fraction of sp³-hybridized carbons (Fsp3) is 0.217. The van der Waals surface area contributed by atoms with Crippen molar-refractivity contribution in [3.63, 3.8) is 0 Å². The average Bonchev–Trinajstić information content (AvgIpc) is 3.16. The lowest BCUT2D eigenvalue weighted by molar-refractivity contribution is 0.104. The molecular formula is C23H20F4N2O3. The van der Waals surface area contributed by atoms with E-state index in [1.807, 2.05) is 6.92 Å². The Morgan fingerprint density at radius 3 is 2.41 bits per heavy atom. The first-order chi connectivity index (χ1) is 15.3. The number of allylic oxidation sites excluding steroid dienone is 1. The Kier molecular flexibility index (Phi) is 6.97. The Morgan fingerprint density at radius 2 is 1.81 bits per heavy atom. The van der Waals surface area contributed by atoms with E-state index in [-0.39, 0.29) is 11.8 Å². The molecule has 0 aliphatic heterocycles. The van der Waals surface area contributed by atoms with Crippen LogP contribution in [0, 0.1) is 30.2 Å². The lowest BCUT2D eigenvalue weighted by Crippen LogP contribution is -2.05. The molecule has 32 heavy (non-hydrogen) atoms. The van der Waals surface area contributed by atoms with Crippen LogP contribution in [0.3, 0.4) is 0 Å². The molecule has 0 saturated heterocycles. The number of carbonyl (C=O) groups is 1. The van der Waals surface area contributed by atoms with Crippen molar-refractivity contribution >= 4 is 11.9 Å². The number of ether oxygens (including phenoxy) is 2. The van der Waals surface area contributed by atoms with E-state index >= 15 is 0 Å². The maximum atomic E-state index is 13.8. The third kappa shape index (κ3) is 4.66. The van der Waals surface area contributed by atoms with Gasteiger partial charge in [-0.15, -0.1) is 0 Å². The second-order valence-corrected chi connectivity index (χ2v) is 6.81. The number of hydrogen-bond acceptors (Lipinski definition) is 4. The normalized spacial score (nSPS) is 11.2. The summed E-state index contributed by atoms with van der Waals surface area (Å²) in [6.07, 6.45) is 4.43. The number of carbonyl (C=O) groups excluding carboxylic acids is 1. The molecule has 3 aromatic rings. The lowest BCUT2D eigenvalue weighted by atomic mass is 10.1. The van der Waals surface area contributed by atoms with Gasteiger partial charge in [0.1, 0.15) is 12.4 Å². The summed E-state index contributed by atoms with van der Waals surface area (Å²) in [5.41, 5.74) is 2.14. The van der Waals surface area contributed by atoms with E-state index < -0.39 is 35.6 Å². The average molecular weight is 448 g/mol. The molecule has 1 aromatic heterocycles. The zero-order chi connectivity index (χ0) is 23.4. The van der Waals surface area contributed by atoms with Crippen LogP contribution in [0.2, 0.25) is 0 Å². The molecule has 0 bridgehead atoms. The lowest BCUT2D eigenvalue weighted by Gasteiger charge is -2.13. The monoisotopic (exact) mass is 448 g/mol. The van der Waals surface area contributed by atoms with Crippen molar-refractivity contribution in [1.82, 2.24) is 9.78 Å². The molecular weight excluding hydrogens is 428 g/mol. The van der Waals surface area contributed by atoms with Gasteiger partial charge in [-0.1, -0.05) is 12.1 Å². The molecule has 0 aliphatic carbocycles. The van der Waals surface area contributed by atoms with E-state index in [1.54, 1.807) is 35.9 Å². The second-order valence-electron chi connectivity index (χ2n) is 6.81. The highest BCUT2D eigenvalue weighted by atomic mass is 19.2. The molecule has 0 radical (unpaired) electrons. The minimum absolute atomic E-state index is 0.104. The zero-order valence-electron chi connectivity index (χ0n) is 17.6. The van der Waals surface area contributed by atoms with Crippen LogP contribution >= 0.6 is 0 Å². The Hall–Kier alpha value is -3.62. The number of nitrogens with zero attached hydrogens (tertiary/aromatic N) is 2. The quantitative estimate of drug-likeness (QED) is 0.204. The maximum Gasteiger partial charge on any atom is 0.203 e. The van der Waals surface area contributed by atoms with Crippen LogP contribution in [0.1, 0.15) is 34.1 Å². The van der Waals surface area contributed by atoms with Crippen molar-refractivity contribution in [2.24, 2.45) is 0 Å². The van der Waals surface area contributed by atoms with Gasteiger partial charge >= 0.3 is 0 Å². The SMILES string of the molecule is CCn1ncc(C(=O)/C=C/c2ccc(OC)c(COc3c(F)c(F)cc(F)c3F)c2)c1C. The molecule has 0 unspecified atom stereocenters. The van der Waals surface area contributed by atoms with Gasteiger partial charge < -0.3 is 9.47 Å². The minimum atomic E-state index is -1.63. The first kappa shape index (κ1) is 23.1. The standard InChI is InChI=1S/C23H20F4N2O3/c1-4-29-13(2)16(11-28-29)19(30)7-5-14-6-8-20(31-3)15(9-14)12-32-23-21(26)17(24)10-18(25)22(23)27/h5-11H,4,12H2,1-3H3/b7-5+. The molecule has 3 rings (SSSR count). The Balaban J connectivity index is 1.82. The molecule has 2 aromatic carbocycles. The van der Waals surface area contributed by atoms with Crippen LogP contribution in [0.15, 0.2) is 36.5 Å². The summed E-state index contributed by atoms with van der Waals surface area (Å²) in [7, 11) is 1.38. The topological polar surface area (TPSA) is 53.4 Å². The van der Waals surface area contributed by atoms with Crippen molar-refractivity contribution in [2.45, 2.75) is 27.0 Å². The second kappa shape index (κ2) is 9.67. The first-order valence-corrected chi connectivity index (χ1v) is 9.64. The third-order valence-electron chi connectivity index (χ3n) is 4.84. The van der Waals surface area contributed by atoms with Crippen LogP contribution in [0.4, 0.5) is 17.6 Å². The van der Waals surface area contributed by atoms with Crippen LogP contribution in [-0.2, 0) is 13.2 Å². The molecule has 0 atom stereocenters. The predicted molar refractivity (Wildman–Crippen MR) is 110 cm³/mol. The van der Waals surface area contributed by atoms with Crippen LogP contribution < -0.4 is 9.47 Å². The molecule has 9 heteroatoms. The van der Waals surface area contributed by atoms with Gasteiger partial charge in [0.15, 0.2) is 23.2 Å². The number of rotatable bonds is 8. The largest absolute Gasteiger partial charge is 0.496 e. The summed E-state index contributed by atoms with van der Waals surface area (Å²) >= 11 is 0. The van der Waals surface area contributed by atoms with Crippen molar-refractivity contribution in [3.8, 4) is 11.5 Å². The first-order valence-electron chi connectivity index (χ1n) is 9.64. The minimum Gasteiger partial charge on any atom is -0.496 e. The van der Waals surface area contributed by atoms with Crippen LogP contribution in [0.5, 0.6) is 11.5 Å². The molecule has 0 amide bonds. The van der Waals surface area contributed by atoms with Crippen molar-refractivity contribution in [1.29, 1.82) is 0 Å². The number of ketones is 1. The smallest absolute Gasteiger partial charge is 0.203 e. The van der Waals surface area contributed by atoms with Crippen molar-refractivity contribution in [2.75, 3.05) is 7.11 Å². The van der Waals surface area contributed by atoms with Gasteiger partial charge in [0.2, 0.25) is 11.6 Å². The number of aromatic nitrogens is 2. The maximum absolute atomic E-state index is 13.8. The number of methoxy groups -OCH3 is 1. The van der Waals surface area contributed by atoms with Gasteiger partial charge in [-0.2, -0.15) is 13.9 Å². The van der Waals surface area contributed by atoms with E-state index in [2.05, 4.69) is 5.10 Å². The van der Waals surface area contributed by atoms with E-state index in [1.165, 1.54) is 19.4 Å².